The highest BCUT2D eigenvalue weighted by atomic mass is 16.5. The van der Waals surface area contributed by atoms with Crippen LogP contribution < -0.4 is 4.74 Å². The molecule has 0 aliphatic carbocycles. The standard InChI is InChI=1S/C22H23N3O2/c1-24(2)13-4-14-27-18-10-7-16(8-11-18)17-9-12-21-23-19-5-3-6-20(26)22(19)25(21)15-17/h3,5-12,15,26H,4,13-14H2,1-2H3. The van der Waals surface area contributed by atoms with Gasteiger partial charge in [-0.25, -0.2) is 4.98 Å². The molecule has 0 saturated heterocycles. The predicted molar refractivity (Wildman–Crippen MR) is 108 cm³/mol. The van der Waals surface area contributed by atoms with Crippen LogP contribution in [0.15, 0.2) is 60.8 Å². The van der Waals surface area contributed by atoms with Crippen LogP contribution in [0.25, 0.3) is 27.8 Å². The predicted octanol–water partition coefficient (Wildman–Crippen LogP) is 4.19. The second kappa shape index (κ2) is 7.29. The van der Waals surface area contributed by atoms with E-state index < -0.39 is 0 Å². The van der Waals surface area contributed by atoms with E-state index in [2.05, 4.69) is 36.1 Å². The number of rotatable bonds is 6. The highest BCUT2D eigenvalue weighted by Gasteiger charge is 2.09. The number of pyridine rings is 1. The Kier molecular flexibility index (Phi) is 4.69. The summed E-state index contributed by atoms with van der Waals surface area (Å²) in [5, 5.41) is 10.2. The summed E-state index contributed by atoms with van der Waals surface area (Å²) in [6, 6.07) is 17.5. The number of hydrogen-bond donors (Lipinski definition) is 1. The van der Waals surface area contributed by atoms with E-state index in [0.717, 1.165) is 46.5 Å². The van der Waals surface area contributed by atoms with E-state index in [1.807, 2.05) is 47.0 Å². The number of fused-ring (bicyclic) bond motifs is 3. The number of benzene rings is 2. The molecule has 0 atom stereocenters. The number of phenolic OH excluding ortho intramolecular Hbond substituents is 1. The van der Waals surface area contributed by atoms with Crippen molar-refractivity contribution < 1.29 is 9.84 Å². The molecule has 2 aromatic heterocycles. The fraction of sp³-hybridized carbons (Fsp3) is 0.227. The molecule has 5 heteroatoms. The van der Waals surface area contributed by atoms with E-state index >= 15 is 0 Å². The van der Waals surface area contributed by atoms with Crippen molar-refractivity contribution >= 4 is 16.7 Å². The summed E-state index contributed by atoms with van der Waals surface area (Å²) in [7, 11) is 4.13. The second-order valence-electron chi connectivity index (χ2n) is 6.93. The molecule has 2 heterocycles. The summed E-state index contributed by atoms with van der Waals surface area (Å²) in [6.45, 7) is 1.73. The zero-order valence-corrected chi connectivity index (χ0v) is 15.6. The van der Waals surface area contributed by atoms with Gasteiger partial charge in [0.25, 0.3) is 0 Å². The number of nitrogens with zero attached hydrogens (tertiary/aromatic N) is 3. The number of aromatic hydroxyl groups is 1. The molecule has 27 heavy (non-hydrogen) atoms. The van der Waals surface area contributed by atoms with Crippen molar-refractivity contribution in [2.24, 2.45) is 0 Å². The maximum Gasteiger partial charge on any atom is 0.141 e. The Bertz CT molecular complexity index is 1070. The lowest BCUT2D eigenvalue weighted by Gasteiger charge is -2.11. The van der Waals surface area contributed by atoms with Crippen LogP contribution in [0.3, 0.4) is 0 Å². The number of phenols is 1. The Balaban J connectivity index is 1.58. The lowest BCUT2D eigenvalue weighted by molar-refractivity contribution is 0.281. The SMILES string of the molecule is CN(C)CCCOc1ccc(-c2ccc3nc4cccc(O)c4n3c2)cc1. The molecule has 4 aromatic rings. The molecule has 0 saturated carbocycles. The Morgan fingerprint density at radius 2 is 1.78 bits per heavy atom. The van der Waals surface area contributed by atoms with E-state index in [-0.39, 0.29) is 5.75 Å². The van der Waals surface area contributed by atoms with Crippen LogP contribution in [-0.4, -0.2) is 46.6 Å². The van der Waals surface area contributed by atoms with Crippen LogP contribution in [0, 0.1) is 0 Å². The molecular weight excluding hydrogens is 338 g/mol. The van der Waals surface area contributed by atoms with Gasteiger partial charge < -0.3 is 14.7 Å². The third-order valence-corrected chi connectivity index (χ3v) is 4.60. The highest BCUT2D eigenvalue weighted by Crippen LogP contribution is 2.28. The number of aromatic nitrogens is 2. The first-order chi connectivity index (χ1) is 13.1. The van der Waals surface area contributed by atoms with Gasteiger partial charge >= 0.3 is 0 Å². The Morgan fingerprint density at radius 1 is 1.00 bits per heavy atom. The van der Waals surface area contributed by atoms with Crippen molar-refractivity contribution in [2.75, 3.05) is 27.2 Å². The molecule has 0 spiro atoms. The van der Waals surface area contributed by atoms with Crippen molar-refractivity contribution in [1.29, 1.82) is 0 Å². The summed E-state index contributed by atoms with van der Waals surface area (Å²) in [6.07, 6.45) is 3.01. The van der Waals surface area contributed by atoms with E-state index in [0.29, 0.717) is 6.61 Å². The molecule has 0 amide bonds. The van der Waals surface area contributed by atoms with Crippen LogP contribution in [-0.2, 0) is 0 Å². The molecule has 0 fully saturated rings. The number of para-hydroxylation sites is 1. The molecule has 1 N–H and O–H groups in total. The van der Waals surface area contributed by atoms with Crippen molar-refractivity contribution in [1.82, 2.24) is 14.3 Å². The molecule has 0 aliphatic heterocycles. The topological polar surface area (TPSA) is 50.0 Å². The minimum atomic E-state index is 0.235. The number of imidazole rings is 1. The van der Waals surface area contributed by atoms with Gasteiger partial charge in [-0.2, -0.15) is 0 Å². The fourth-order valence-electron chi connectivity index (χ4n) is 3.23. The maximum atomic E-state index is 10.2. The lowest BCUT2D eigenvalue weighted by Crippen LogP contribution is -2.15. The van der Waals surface area contributed by atoms with Crippen molar-refractivity contribution in [3.05, 3.63) is 60.8 Å². The molecule has 0 radical (unpaired) electrons. The van der Waals surface area contributed by atoms with Crippen molar-refractivity contribution in [2.45, 2.75) is 6.42 Å². The van der Waals surface area contributed by atoms with E-state index in [4.69, 9.17) is 4.74 Å². The summed E-state index contributed by atoms with van der Waals surface area (Å²) in [5.41, 5.74) is 4.49. The molecule has 0 aliphatic rings. The van der Waals surface area contributed by atoms with Gasteiger partial charge in [-0.1, -0.05) is 18.2 Å². The van der Waals surface area contributed by atoms with Crippen LogP contribution in [0.4, 0.5) is 0 Å². The first kappa shape index (κ1) is 17.4. The van der Waals surface area contributed by atoms with Crippen LogP contribution in [0.1, 0.15) is 6.42 Å². The average molecular weight is 361 g/mol. The fourth-order valence-corrected chi connectivity index (χ4v) is 3.23. The normalized spacial score (nSPS) is 11.5. The van der Waals surface area contributed by atoms with Crippen LogP contribution in [0.2, 0.25) is 0 Å². The largest absolute Gasteiger partial charge is 0.506 e. The molecule has 0 bridgehead atoms. The summed E-state index contributed by atoms with van der Waals surface area (Å²) < 4.78 is 7.74. The summed E-state index contributed by atoms with van der Waals surface area (Å²) in [4.78, 5) is 6.71. The van der Waals surface area contributed by atoms with Gasteiger partial charge in [-0.05, 0) is 68.0 Å². The van der Waals surface area contributed by atoms with Crippen LogP contribution in [0.5, 0.6) is 11.5 Å². The number of hydrogen-bond acceptors (Lipinski definition) is 4. The highest BCUT2D eigenvalue weighted by molar-refractivity contribution is 5.86. The molecular formula is C22H23N3O2. The van der Waals surface area contributed by atoms with Crippen LogP contribution >= 0.6 is 0 Å². The molecule has 0 unspecified atom stereocenters. The third kappa shape index (κ3) is 3.59. The van der Waals surface area contributed by atoms with Gasteiger partial charge in [-0.15, -0.1) is 0 Å². The summed E-state index contributed by atoms with van der Waals surface area (Å²) >= 11 is 0. The van der Waals surface area contributed by atoms with E-state index in [1.165, 1.54) is 0 Å². The van der Waals surface area contributed by atoms with Gasteiger partial charge in [0.2, 0.25) is 0 Å². The third-order valence-electron chi connectivity index (χ3n) is 4.60. The Morgan fingerprint density at radius 3 is 2.56 bits per heavy atom. The average Bonchev–Trinajstić information content (AvgIpc) is 3.04. The van der Waals surface area contributed by atoms with Gasteiger partial charge in [-0.3, -0.25) is 4.40 Å². The van der Waals surface area contributed by atoms with Crippen molar-refractivity contribution in [3.63, 3.8) is 0 Å². The second-order valence-corrected chi connectivity index (χ2v) is 6.93. The van der Waals surface area contributed by atoms with E-state index in [9.17, 15) is 5.11 Å². The first-order valence-corrected chi connectivity index (χ1v) is 9.09. The van der Waals surface area contributed by atoms with Gasteiger partial charge in [0.1, 0.15) is 22.7 Å². The van der Waals surface area contributed by atoms with E-state index in [1.54, 1.807) is 6.07 Å². The van der Waals surface area contributed by atoms with Gasteiger partial charge in [0.15, 0.2) is 0 Å². The maximum absolute atomic E-state index is 10.2. The summed E-state index contributed by atoms with van der Waals surface area (Å²) in [5.74, 6) is 1.11. The Labute approximate surface area is 158 Å². The Hall–Kier alpha value is -3.05. The minimum Gasteiger partial charge on any atom is -0.506 e. The molecule has 4 rings (SSSR count). The molecule has 5 nitrogen and oxygen atoms in total. The minimum absolute atomic E-state index is 0.235. The van der Waals surface area contributed by atoms with Gasteiger partial charge in [0, 0.05) is 12.7 Å². The smallest absolute Gasteiger partial charge is 0.141 e. The molecule has 2 aromatic carbocycles. The molecule has 138 valence electrons. The lowest BCUT2D eigenvalue weighted by atomic mass is 10.1. The number of ether oxygens (including phenoxy) is 1. The zero-order chi connectivity index (χ0) is 18.8. The first-order valence-electron chi connectivity index (χ1n) is 9.09. The zero-order valence-electron chi connectivity index (χ0n) is 15.6. The quantitative estimate of drug-likeness (QED) is 0.523. The monoisotopic (exact) mass is 361 g/mol. The van der Waals surface area contributed by atoms with Crippen molar-refractivity contribution in [3.8, 4) is 22.6 Å². The van der Waals surface area contributed by atoms with Gasteiger partial charge in [0.05, 0.1) is 12.1 Å².